The Kier molecular flexibility index (Phi) is 2.92. The molecule has 1 heterocycles. The number of hydrogen-bond acceptors (Lipinski definition) is 2. The van der Waals surface area contributed by atoms with Crippen LogP contribution in [0, 0.1) is 5.82 Å². The topological polar surface area (TPSA) is 25.2 Å². The number of rotatable bonds is 3. The molecule has 0 saturated carbocycles. The smallest absolute Gasteiger partial charge is 0.123 e. The molecule has 2 unspecified atom stereocenters. The van der Waals surface area contributed by atoms with E-state index in [0.29, 0.717) is 6.04 Å². The molecule has 0 bridgehead atoms. The van der Waals surface area contributed by atoms with Crippen molar-refractivity contribution in [1.82, 2.24) is 5.32 Å². The number of nitrogens with one attached hydrogen (secondary N) is 1. The van der Waals surface area contributed by atoms with Crippen LogP contribution in [0.15, 0.2) is 41.0 Å². The van der Waals surface area contributed by atoms with Gasteiger partial charge in [0.15, 0.2) is 0 Å². The molecule has 3 rings (SSSR count). The fourth-order valence-electron chi connectivity index (χ4n) is 2.68. The Hall–Kier alpha value is -1.61. The first-order valence-electron chi connectivity index (χ1n) is 6.32. The Bertz CT molecular complexity index is 535. The molecule has 1 N–H and O–H groups in total. The number of hydrogen-bond donors (Lipinski definition) is 1. The average molecular weight is 245 g/mol. The molecular formula is C15H16FNO. The Labute approximate surface area is 106 Å². The maximum Gasteiger partial charge on any atom is 0.123 e. The van der Waals surface area contributed by atoms with E-state index < -0.39 is 0 Å². The first kappa shape index (κ1) is 11.5. The van der Waals surface area contributed by atoms with E-state index >= 15 is 0 Å². The fourth-order valence-corrected chi connectivity index (χ4v) is 2.68. The molecule has 0 fully saturated rings. The zero-order valence-electron chi connectivity index (χ0n) is 10.3. The molecule has 94 valence electrons. The molecule has 1 aromatic carbocycles. The van der Waals surface area contributed by atoms with Crippen LogP contribution in [-0.2, 0) is 6.42 Å². The summed E-state index contributed by atoms with van der Waals surface area (Å²) in [6.45, 7) is 2.08. The summed E-state index contributed by atoms with van der Waals surface area (Å²) in [5, 5.41) is 3.54. The lowest BCUT2D eigenvalue weighted by atomic mass is 10.1. The Morgan fingerprint density at radius 1 is 1.39 bits per heavy atom. The van der Waals surface area contributed by atoms with Crippen molar-refractivity contribution in [3.63, 3.8) is 0 Å². The van der Waals surface area contributed by atoms with Gasteiger partial charge in [-0.25, -0.2) is 4.39 Å². The van der Waals surface area contributed by atoms with E-state index in [1.54, 1.807) is 12.3 Å². The molecule has 2 nitrogen and oxygen atoms in total. The summed E-state index contributed by atoms with van der Waals surface area (Å²) in [5.41, 5.74) is 2.34. The van der Waals surface area contributed by atoms with Crippen molar-refractivity contribution in [2.45, 2.75) is 31.8 Å². The van der Waals surface area contributed by atoms with Gasteiger partial charge < -0.3 is 9.73 Å². The highest BCUT2D eigenvalue weighted by Crippen LogP contribution is 2.33. The van der Waals surface area contributed by atoms with Crippen molar-refractivity contribution in [1.29, 1.82) is 0 Å². The minimum Gasteiger partial charge on any atom is -0.468 e. The standard InChI is InChI=1S/C15H16FNO/c1-10(15-3-2-8-18-15)17-14-7-4-11-9-12(16)5-6-13(11)14/h2-3,5-6,8-10,14,17H,4,7H2,1H3. The summed E-state index contributed by atoms with van der Waals surface area (Å²) in [5.74, 6) is 0.791. The van der Waals surface area contributed by atoms with Gasteiger partial charge in [-0.05, 0) is 55.2 Å². The van der Waals surface area contributed by atoms with E-state index in [2.05, 4.69) is 12.2 Å². The SMILES string of the molecule is CC(NC1CCc2cc(F)ccc21)c1ccco1. The summed E-state index contributed by atoms with van der Waals surface area (Å²) >= 11 is 0. The van der Waals surface area contributed by atoms with Gasteiger partial charge >= 0.3 is 0 Å². The number of aryl methyl sites for hydroxylation is 1. The second-order valence-electron chi connectivity index (χ2n) is 4.84. The minimum absolute atomic E-state index is 0.145. The number of benzene rings is 1. The molecule has 0 aliphatic heterocycles. The zero-order chi connectivity index (χ0) is 12.5. The predicted molar refractivity (Wildman–Crippen MR) is 67.7 cm³/mol. The highest BCUT2D eigenvalue weighted by molar-refractivity contribution is 5.35. The van der Waals surface area contributed by atoms with Gasteiger partial charge in [0.1, 0.15) is 11.6 Å². The normalized spacial score (nSPS) is 19.8. The Morgan fingerprint density at radius 3 is 3.06 bits per heavy atom. The van der Waals surface area contributed by atoms with Crippen molar-refractivity contribution in [3.8, 4) is 0 Å². The second kappa shape index (κ2) is 4.58. The first-order valence-corrected chi connectivity index (χ1v) is 6.32. The summed E-state index contributed by atoms with van der Waals surface area (Å²) in [6.07, 6.45) is 3.64. The molecule has 18 heavy (non-hydrogen) atoms. The average Bonchev–Trinajstić information content (AvgIpc) is 2.98. The number of fused-ring (bicyclic) bond motifs is 1. The maximum atomic E-state index is 13.1. The molecule has 2 aromatic rings. The highest BCUT2D eigenvalue weighted by atomic mass is 19.1. The molecule has 0 spiro atoms. The number of halogens is 1. The quantitative estimate of drug-likeness (QED) is 0.890. The molecule has 1 aliphatic carbocycles. The third kappa shape index (κ3) is 2.06. The van der Waals surface area contributed by atoms with E-state index in [-0.39, 0.29) is 11.9 Å². The van der Waals surface area contributed by atoms with Gasteiger partial charge in [-0.2, -0.15) is 0 Å². The summed E-state index contributed by atoms with van der Waals surface area (Å²) in [6, 6.07) is 9.40. The minimum atomic E-state index is -0.145. The van der Waals surface area contributed by atoms with Crippen molar-refractivity contribution >= 4 is 0 Å². The fraction of sp³-hybridized carbons (Fsp3) is 0.333. The van der Waals surface area contributed by atoms with Gasteiger partial charge in [0, 0.05) is 6.04 Å². The van der Waals surface area contributed by atoms with Crippen molar-refractivity contribution < 1.29 is 8.81 Å². The van der Waals surface area contributed by atoms with Crippen LogP contribution < -0.4 is 5.32 Å². The number of furan rings is 1. The van der Waals surface area contributed by atoms with E-state index in [1.807, 2.05) is 18.2 Å². The van der Waals surface area contributed by atoms with Crippen molar-refractivity contribution in [3.05, 3.63) is 59.3 Å². The molecular weight excluding hydrogens is 229 g/mol. The van der Waals surface area contributed by atoms with Crippen LogP contribution in [0.5, 0.6) is 0 Å². The van der Waals surface area contributed by atoms with Crippen molar-refractivity contribution in [2.24, 2.45) is 0 Å². The molecule has 1 aliphatic rings. The Balaban J connectivity index is 1.77. The largest absolute Gasteiger partial charge is 0.468 e. The van der Waals surface area contributed by atoms with Gasteiger partial charge in [-0.3, -0.25) is 0 Å². The molecule has 1 aromatic heterocycles. The van der Waals surface area contributed by atoms with Crippen LogP contribution >= 0.6 is 0 Å². The predicted octanol–water partition coefficient (Wildman–Crippen LogP) is 3.76. The van der Waals surface area contributed by atoms with Crippen LogP contribution in [0.4, 0.5) is 4.39 Å². The molecule has 3 heteroatoms. The summed E-state index contributed by atoms with van der Waals surface area (Å²) in [7, 11) is 0. The lowest BCUT2D eigenvalue weighted by molar-refractivity contribution is 0.391. The first-order chi connectivity index (χ1) is 8.74. The molecule has 0 saturated heterocycles. The van der Waals surface area contributed by atoms with E-state index in [1.165, 1.54) is 11.6 Å². The van der Waals surface area contributed by atoms with Crippen molar-refractivity contribution in [2.75, 3.05) is 0 Å². The van der Waals surface area contributed by atoms with E-state index in [4.69, 9.17) is 4.42 Å². The van der Waals surface area contributed by atoms with Crippen LogP contribution in [0.2, 0.25) is 0 Å². The maximum absolute atomic E-state index is 13.1. The second-order valence-corrected chi connectivity index (χ2v) is 4.84. The Morgan fingerprint density at radius 2 is 2.28 bits per heavy atom. The van der Waals surface area contributed by atoms with E-state index in [9.17, 15) is 4.39 Å². The van der Waals surface area contributed by atoms with Gasteiger partial charge in [0.2, 0.25) is 0 Å². The third-order valence-corrected chi connectivity index (χ3v) is 3.60. The van der Waals surface area contributed by atoms with Crippen LogP contribution in [0.25, 0.3) is 0 Å². The lowest BCUT2D eigenvalue weighted by Crippen LogP contribution is -2.22. The molecule has 2 atom stereocenters. The van der Waals surface area contributed by atoms with E-state index in [0.717, 1.165) is 24.2 Å². The van der Waals surface area contributed by atoms with Gasteiger partial charge in [0.05, 0.1) is 12.3 Å². The van der Waals surface area contributed by atoms with Gasteiger partial charge in [-0.15, -0.1) is 0 Å². The lowest BCUT2D eigenvalue weighted by Gasteiger charge is -2.18. The summed E-state index contributed by atoms with van der Waals surface area (Å²) in [4.78, 5) is 0. The zero-order valence-corrected chi connectivity index (χ0v) is 10.3. The van der Waals surface area contributed by atoms with Crippen LogP contribution in [0.3, 0.4) is 0 Å². The van der Waals surface area contributed by atoms with Crippen LogP contribution in [-0.4, -0.2) is 0 Å². The molecule has 0 amide bonds. The summed E-state index contributed by atoms with van der Waals surface area (Å²) < 4.78 is 18.5. The molecule has 0 radical (unpaired) electrons. The third-order valence-electron chi connectivity index (χ3n) is 3.60. The van der Waals surface area contributed by atoms with Crippen LogP contribution in [0.1, 0.15) is 42.3 Å². The highest BCUT2D eigenvalue weighted by Gasteiger charge is 2.24. The van der Waals surface area contributed by atoms with Gasteiger partial charge in [-0.1, -0.05) is 6.07 Å². The monoisotopic (exact) mass is 245 g/mol. The van der Waals surface area contributed by atoms with Gasteiger partial charge in [0.25, 0.3) is 0 Å².